The Hall–Kier alpha value is -2.29. The average Bonchev–Trinajstić information content (AvgIpc) is 2.42. The maximum Gasteiger partial charge on any atom is 0.228 e. The first-order valence-electron chi connectivity index (χ1n) is 6.79. The fourth-order valence-electron chi connectivity index (χ4n) is 1.98. The molecule has 0 aromatic heterocycles. The number of hydrogen-bond acceptors (Lipinski definition) is 2. The number of hydrogen-bond donors (Lipinski definition) is 2. The summed E-state index contributed by atoms with van der Waals surface area (Å²) in [6.07, 6.45) is 0.353. The second-order valence-electron chi connectivity index (χ2n) is 5.24. The van der Waals surface area contributed by atoms with Gasteiger partial charge in [0.1, 0.15) is 0 Å². The molecule has 2 aromatic carbocycles. The number of rotatable bonds is 4. The molecule has 104 valence electrons. The van der Waals surface area contributed by atoms with Gasteiger partial charge in [-0.3, -0.25) is 4.79 Å². The molecule has 0 aliphatic carbocycles. The van der Waals surface area contributed by atoms with E-state index in [2.05, 4.69) is 19.2 Å². The molecule has 0 bridgehead atoms. The smallest absolute Gasteiger partial charge is 0.228 e. The van der Waals surface area contributed by atoms with Gasteiger partial charge in [-0.15, -0.1) is 0 Å². The van der Waals surface area contributed by atoms with Gasteiger partial charge in [0.15, 0.2) is 0 Å². The molecule has 1 amide bonds. The lowest BCUT2D eigenvalue weighted by Crippen LogP contribution is -2.14. The molecule has 0 radical (unpaired) electrons. The topological polar surface area (TPSA) is 55.1 Å². The molecule has 2 rings (SSSR count). The Labute approximate surface area is 119 Å². The van der Waals surface area contributed by atoms with Crippen molar-refractivity contribution < 1.29 is 4.79 Å². The Balaban J connectivity index is 1.95. The summed E-state index contributed by atoms with van der Waals surface area (Å²) in [5.74, 6) is 0.474. The number of carbonyl (C=O) groups excluding carboxylic acids is 1. The van der Waals surface area contributed by atoms with Crippen LogP contribution in [0.5, 0.6) is 0 Å². The summed E-state index contributed by atoms with van der Waals surface area (Å²) >= 11 is 0. The molecule has 2 aromatic rings. The molecule has 0 unspecified atom stereocenters. The van der Waals surface area contributed by atoms with Crippen molar-refractivity contribution in [3.63, 3.8) is 0 Å². The average molecular weight is 268 g/mol. The summed E-state index contributed by atoms with van der Waals surface area (Å²) in [6, 6.07) is 15.3. The van der Waals surface area contributed by atoms with Crippen molar-refractivity contribution in [3.05, 3.63) is 59.7 Å². The summed E-state index contributed by atoms with van der Waals surface area (Å²) in [6.45, 7) is 4.30. The molecule has 0 aliphatic rings. The van der Waals surface area contributed by atoms with Gasteiger partial charge in [0.25, 0.3) is 0 Å². The largest absolute Gasteiger partial charge is 0.399 e. The first kappa shape index (κ1) is 14.1. The molecule has 3 N–H and O–H groups in total. The zero-order valence-electron chi connectivity index (χ0n) is 11.9. The van der Waals surface area contributed by atoms with Gasteiger partial charge in [0.2, 0.25) is 5.91 Å². The standard InChI is InChI=1S/C17H20N2O/c1-12(2)14-5-9-16(10-6-14)19-17(20)11-13-3-7-15(18)8-4-13/h3-10,12H,11,18H2,1-2H3,(H,19,20). The van der Waals surface area contributed by atoms with E-state index < -0.39 is 0 Å². The third-order valence-electron chi connectivity index (χ3n) is 3.21. The van der Waals surface area contributed by atoms with Gasteiger partial charge in [-0.05, 0) is 41.3 Å². The molecule has 0 heterocycles. The number of benzene rings is 2. The maximum absolute atomic E-state index is 11.9. The minimum absolute atomic E-state index is 0.0212. The lowest BCUT2D eigenvalue weighted by molar-refractivity contribution is -0.115. The van der Waals surface area contributed by atoms with Gasteiger partial charge in [-0.1, -0.05) is 38.1 Å². The van der Waals surface area contributed by atoms with Gasteiger partial charge >= 0.3 is 0 Å². The number of amides is 1. The van der Waals surface area contributed by atoms with E-state index in [4.69, 9.17) is 5.73 Å². The minimum Gasteiger partial charge on any atom is -0.399 e. The van der Waals surface area contributed by atoms with Gasteiger partial charge in [-0.25, -0.2) is 0 Å². The highest BCUT2D eigenvalue weighted by Crippen LogP contribution is 2.17. The van der Waals surface area contributed by atoms with Gasteiger partial charge in [0.05, 0.1) is 6.42 Å². The van der Waals surface area contributed by atoms with Crippen molar-refractivity contribution in [2.24, 2.45) is 0 Å². The Morgan fingerprint density at radius 3 is 2.20 bits per heavy atom. The van der Waals surface area contributed by atoms with E-state index in [0.29, 0.717) is 18.0 Å². The van der Waals surface area contributed by atoms with Crippen LogP contribution in [-0.4, -0.2) is 5.91 Å². The minimum atomic E-state index is -0.0212. The molecule has 3 nitrogen and oxygen atoms in total. The summed E-state index contributed by atoms with van der Waals surface area (Å²) in [4.78, 5) is 11.9. The summed E-state index contributed by atoms with van der Waals surface area (Å²) < 4.78 is 0. The van der Waals surface area contributed by atoms with Crippen molar-refractivity contribution in [3.8, 4) is 0 Å². The van der Waals surface area contributed by atoms with Crippen LogP contribution in [0.2, 0.25) is 0 Å². The third-order valence-corrected chi connectivity index (χ3v) is 3.21. The monoisotopic (exact) mass is 268 g/mol. The van der Waals surface area contributed by atoms with E-state index in [-0.39, 0.29) is 5.91 Å². The highest BCUT2D eigenvalue weighted by atomic mass is 16.1. The fourth-order valence-corrected chi connectivity index (χ4v) is 1.98. The van der Waals surface area contributed by atoms with E-state index >= 15 is 0 Å². The Morgan fingerprint density at radius 2 is 1.65 bits per heavy atom. The number of nitrogens with one attached hydrogen (secondary N) is 1. The second-order valence-corrected chi connectivity index (χ2v) is 5.24. The normalized spacial score (nSPS) is 10.6. The van der Waals surface area contributed by atoms with Crippen molar-refractivity contribution in [1.82, 2.24) is 0 Å². The third kappa shape index (κ3) is 3.85. The number of nitrogen functional groups attached to an aromatic ring is 1. The van der Waals surface area contributed by atoms with Crippen LogP contribution < -0.4 is 11.1 Å². The molecule has 20 heavy (non-hydrogen) atoms. The van der Waals surface area contributed by atoms with E-state index in [1.807, 2.05) is 36.4 Å². The molecule has 0 saturated carbocycles. The fraction of sp³-hybridized carbons (Fsp3) is 0.235. The van der Waals surface area contributed by atoms with Crippen LogP contribution in [0, 0.1) is 0 Å². The lowest BCUT2D eigenvalue weighted by atomic mass is 10.0. The Kier molecular flexibility index (Phi) is 4.41. The van der Waals surface area contributed by atoms with Crippen molar-refractivity contribution >= 4 is 17.3 Å². The van der Waals surface area contributed by atoms with E-state index in [1.54, 1.807) is 12.1 Å². The lowest BCUT2D eigenvalue weighted by Gasteiger charge is -2.08. The molecule has 0 spiro atoms. The molecule has 0 fully saturated rings. The highest BCUT2D eigenvalue weighted by Gasteiger charge is 2.05. The predicted octanol–water partition coefficient (Wildman–Crippen LogP) is 3.57. The van der Waals surface area contributed by atoms with Crippen molar-refractivity contribution in [2.45, 2.75) is 26.2 Å². The van der Waals surface area contributed by atoms with E-state index in [1.165, 1.54) is 5.56 Å². The molecule has 0 aliphatic heterocycles. The maximum atomic E-state index is 11.9. The number of nitrogens with two attached hydrogens (primary N) is 1. The van der Waals surface area contributed by atoms with Crippen LogP contribution in [0.25, 0.3) is 0 Å². The zero-order valence-corrected chi connectivity index (χ0v) is 11.9. The van der Waals surface area contributed by atoms with Crippen LogP contribution in [0.15, 0.2) is 48.5 Å². The quantitative estimate of drug-likeness (QED) is 0.833. The number of carbonyl (C=O) groups is 1. The number of anilines is 2. The van der Waals surface area contributed by atoms with Gasteiger partial charge in [-0.2, -0.15) is 0 Å². The molecular weight excluding hydrogens is 248 g/mol. The summed E-state index contributed by atoms with van der Waals surface area (Å²) in [5.41, 5.74) is 9.37. The summed E-state index contributed by atoms with van der Waals surface area (Å²) in [5, 5.41) is 2.90. The molecule has 0 saturated heterocycles. The molecule has 3 heteroatoms. The Morgan fingerprint density at radius 1 is 1.05 bits per heavy atom. The molecular formula is C17H20N2O. The predicted molar refractivity (Wildman–Crippen MR) is 83.7 cm³/mol. The van der Waals surface area contributed by atoms with Crippen molar-refractivity contribution in [1.29, 1.82) is 0 Å². The SMILES string of the molecule is CC(C)c1ccc(NC(=O)Cc2ccc(N)cc2)cc1. The first-order chi connectivity index (χ1) is 9.54. The first-order valence-corrected chi connectivity index (χ1v) is 6.79. The van der Waals surface area contributed by atoms with Gasteiger partial charge in [0, 0.05) is 11.4 Å². The zero-order chi connectivity index (χ0) is 14.5. The van der Waals surface area contributed by atoms with Crippen molar-refractivity contribution in [2.75, 3.05) is 11.1 Å². The second kappa shape index (κ2) is 6.24. The van der Waals surface area contributed by atoms with Crippen LogP contribution in [-0.2, 0) is 11.2 Å². The molecule has 0 atom stereocenters. The highest BCUT2D eigenvalue weighted by molar-refractivity contribution is 5.92. The van der Waals surface area contributed by atoms with Crippen LogP contribution in [0.3, 0.4) is 0 Å². The van der Waals surface area contributed by atoms with Crippen LogP contribution in [0.4, 0.5) is 11.4 Å². The van der Waals surface area contributed by atoms with Gasteiger partial charge < -0.3 is 11.1 Å². The van der Waals surface area contributed by atoms with E-state index in [9.17, 15) is 4.79 Å². The van der Waals surface area contributed by atoms with Crippen LogP contribution in [0.1, 0.15) is 30.9 Å². The summed E-state index contributed by atoms with van der Waals surface area (Å²) in [7, 11) is 0. The van der Waals surface area contributed by atoms with E-state index in [0.717, 1.165) is 11.3 Å². The Bertz CT molecular complexity index is 571. The van der Waals surface area contributed by atoms with Crippen LogP contribution >= 0.6 is 0 Å².